The molecule has 0 bridgehead atoms. The first-order valence-electron chi connectivity index (χ1n) is 9.25. The van der Waals surface area contributed by atoms with Crippen LogP contribution in [-0.2, 0) is 4.79 Å². The van der Waals surface area contributed by atoms with Gasteiger partial charge in [0.1, 0.15) is 5.75 Å². The number of aromatic nitrogens is 2. The Morgan fingerprint density at radius 2 is 1.83 bits per heavy atom. The minimum absolute atomic E-state index is 0.0252. The van der Waals surface area contributed by atoms with Crippen LogP contribution in [0.5, 0.6) is 5.75 Å². The van der Waals surface area contributed by atoms with Crippen LogP contribution in [0.15, 0.2) is 64.4 Å². The highest BCUT2D eigenvalue weighted by Gasteiger charge is 2.37. The standard InChI is InChI=1S/C21H17ClN4O3/c22-14-6-4-11(5-7-14)13-9-16-18(17(28)10-13)19(12-2-1-3-15(27)8-12)24-21-20(23-16)25-29-26-21/h1-8,13,19,27H,9-10H2,(H,23,25)(H,24,26)/t13-,19+/m1/s1. The number of fused-ring (bicyclic) bond motifs is 1. The molecule has 2 aliphatic rings. The molecular formula is C21H17ClN4O3. The maximum atomic E-state index is 13.3. The largest absolute Gasteiger partial charge is 0.508 e. The number of ketones is 1. The molecule has 0 amide bonds. The van der Waals surface area contributed by atoms with Gasteiger partial charge in [0.25, 0.3) is 0 Å². The number of anilines is 2. The summed E-state index contributed by atoms with van der Waals surface area (Å²) in [6, 6.07) is 13.9. The zero-order chi connectivity index (χ0) is 20.0. The highest BCUT2D eigenvalue weighted by molar-refractivity contribution is 6.30. The van der Waals surface area contributed by atoms with Crippen molar-refractivity contribution >= 4 is 29.0 Å². The predicted molar refractivity (Wildman–Crippen MR) is 108 cm³/mol. The van der Waals surface area contributed by atoms with Crippen molar-refractivity contribution in [2.24, 2.45) is 0 Å². The van der Waals surface area contributed by atoms with Crippen LogP contribution in [0, 0.1) is 0 Å². The van der Waals surface area contributed by atoms with Crippen molar-refractivity contribution in [3.63, 3.8) is 0 Å². The van der Waals surface area contributed by atoms with Gasteiger partial charge in [-0.05, 0) is 58.0 Å². The van der Waals surface area contributed by atoms with Crippen molar-refractivity contribution in [1.29, 1.82) is 0 Å². The minimum atomic E-state index is -0.476. The van der Waals surface area contributed by atoms with Gasteiger partial charge in [-0.25, -0.2) is 4.63 Å². The lowest BCUT2D eigenvalue weighted by Crippen LogP contribution is -2.27. The van der Waals surface area contributed by atoms with Gasteiger partial charge in [0.05, 0.1) is 6.04 Å². The number of phenolic OH excluding ortho intramolecular Hbond substituents is 1. The van der Waals surface area contributed by atoms with Crippen LogP contribution in [0.1, 0.15) is 35.9 Å². The number of halogens is 1. The fourth-order valence-electron chi connectivity index (χ4n) is 4.03. The Balaban J connectivity index is 1.59. The van der Waals surface area contributed by atoms with Crippen LogP contribution in [0.4, 0.5) is 11.6 Å². The molecule has 0 saturated carbocycles. The number of benzene rings is 2. The number of aromatic hydroxyl groups is 1. The molecule has 1 aliphatic heterocycles. The molecular weight excluding hydrogens is 392 g/mol. The fourth-order valence-corrected chi connectivity index (χ4v) is 4.15. The molecule has 0 saturated heterocycles. The molecule has 0 fully saturated rings. The number of rotatable bonds is 2. The normalized spacial score (nSPS) is 20.9. The lowest BCUT2D eigenvalue weighted by Gasteiger charge is -2.29. The van der Waals surface area contributed by atoms with E-state index >= 15 is 0 Å². The van der Waals surface area contributed by atoms with E-state index in [-0.39, 0.29) is 17.5 Å². The molecule has 5 rings (SSSR count). The van der Waals surface area contributed by atoms with Gasteiger partial charge in [-0.15, -0.1) is 0 Å². The predicted octanol–water partition coefficient (Wildman–Crippen LogP) is 4.41. The summed E-state index contributed by atoms with van der Waals surface area (Å²) in [6.07, 6.45) is 1.01. The molecule has 29 heavy (non-hydrogen) atoms. The topological polar surface area (TPSA) is 100 Å². The smallest absolute Gasteiger partial charge is 0.219 e. The quantitative estimate of drug-likeness (QED) is 0.577. The average molecular weight is 409 g/mol. The van der Waals surface area contributed by atoms with Crippen LogP contribution >= 0.6 is 11.6 Å². The van der Waals surface area contributed by atoms with Crippen LogP contribution in [0.25, 0.3) is 0 Å². The highest BCUT2D eigenvalue weighted by Crippen LogP contribution is 2.43. The van der Waals surface area contributed by atoms with E-state index in [2.05, 4.69) is 20.9 Å². The second kappa shape index (κ2) is 6.93. The summed E-state index contributed by atoms with van der Waals surface area (Å²) in [5, 5.41) is 24.9. The Morgan fingerprint density at radius 1 is 1.03 bits per heavy atom. The summed E-state index contributed by atoms with van der Waals surface area (Å²) in [4.78, 5) is 13.3. The number of hydrogen-bond donors (Lipinski definition) is 3. The maximum Gasteiger partial charge on any atom is 0.219 e. The monoisotopic (exact) mass is 408 g/mol. The van der Waals surface area contributed by atoms with E-state index in [1.54, 1.807) is 18.2 Å². The SMILES string of the molecule is O=C1C[C@H](c2ccc(Cl)cc2)CC2=C1[C@H](c1cccc(O)c1)Nc1nonc1N2. The number of carbonyl (C=O) groups excluding carboxylic acids is 1. The van der Waals surface area contributed by atoms with E-state index in [1.807, 2.05) is 30.3 Å². The minimum Gasteiger partial charge on any atom is -0.508 e. The molecule has 2 heterocycles. The van der Waals surface area contributed by atoms with Crippen molar-refractivity contribution in [3.05, 3.63) is 76.0 Å². The molecule has 3 aromatic rings. The number of carbonyl (C=O) groups is 1. The van der Waals surface area contributed by atoms with Gasteiger partial charge in [0.2, 0.25) is 11.6 Å². The van der Waals surface area contributed by atoms with Crippen LogP contribution < -0.4 is 10.6 Å². The van der Waals surface area contributed by atoms with Crippen molar-refractivity contribution in [1.82, 2.24) is 10.3 Å². The van der Waals surface area contributed by atoms with Gasteiger partial charge in [-0.1, -0.05) is 35.9 Å². The number of hydrogen-bond acceptors (Lipinski definition) is 7. The molecule has 7 nitrogen and oxygen atoms in total. The zero-order valence-corrected chi connectivity index (χ0v) is 16.0. The van der Waals surface area contributed by atoms with Crippen molar-refractivity contribution < 1.29 is 14.5 Å². The third kappa shape index (κ3) is 3.23. The second-order valence-corrected chi connectivity index (χ2v) is 7.67. The number of allylic oxidation sites excluding steroid dienone is 1. The summed E-state index contributed by atoms with van der Waals surface area (Å²) >= 11 is 6.01. The number of Topliss-reactive ketones (excluding diaryl/α,β-unsaturated/α-hetero) is 1. The van der Waals surface area contributed by atoms with E-state index in [0.29, 0.717) is 35.1 Å². The Morgan fingerprint density at radius 3 is 2.62 bits per heavy atom. The summed E-state index contributed by atoms with van der Waals surface area (Å²) in [7, 11) is 0. The van der Waals surface area contributed by atoms with Gasteiger partial charge in [0, 0.05) is 22.7 Å². The molecule has 146 valence electrons. The molecule has 2 aromatic carbocycles. The summed E-state index contributed by atoms with van der Waals surface area (Å²) in [5.41, 5.74) is 3.21. The lowest BCUT2D eigenvalue weighted by atomic mass is 9.78. The van der Waals surface area contributed by atoms with Gasteiger partial charge in [-0.3, -0.25) is 4.79 Å². The van der Waals surface area contributed by atoms with E-state index in [4.69, 9.17) is 16.2 Å². The Labute approximate surface area is 171 Å². The third-order valence-corrected chi connectivity index (χ3v) is 5.63. The number of nitrogens with one attached hydrogen (secondary N) is 2. The first-order chi connectivity index (χ1) is 14.1. The molecule has 8 heteroatoms. The molecule has 1 aliphatic carbocycles. The summed E-state index contributed by atoms with van der Waals surface area (Å²) in [6.45, 7) is 0. The first-order valence-corrected chi connectivity index (χ1v) is 9.63. The van der Waals surface area contributed by atoms with E-state index in [9.17, 15) is 9.90 Å². The fraction of sp³-hybridized carbons (Fsp3) is 0.190. The van der Waals surface area contributed by atoms with Crippen LogP contribution in [0.2, 0.25) is 5.02 Å². The maximum absolute atomic E-state index is 13.3. The summed E-state index contributed by atoms with van der Waals surface area (Å²) < 4.78 is 4.87. The van der Waals surface area contributed by atoms with E-state index in [0.717, 1.165) is 16.8 Å². The Bertz CT molecular complexity index is 1120. The highest BCUT2D eigenvalue weighted by atomic mass is 35.5. The summed E-state index contributed by atoms with van der Waals surface area (Å²) in [5.74, 6) is 1.04. The molecule has 0 radical (unpaired) electrons. The number of nitrogens with zero attached hydrogens (tertiary/aromatic N) is 2. The number of phenols is 1. The zero-order valence-electron chi connectivity index (χ0n) is 15.2. The molecule has 2 atom stereocenters. The van der Waals surface area contributed by atoms with Crippen molar-refractivity contribution in [2.45, 2.75) is 24.8 Å². The molecule has 3 N–H and O–H groups in total. The van der Waals surface area contributed by atoms with E-state index < -0.39 is 6.04 Å². The van der Waals surface area contributed by atoms with Gasteiger partial charge in [-0.2, -0.15) is 0 Å². The van der Waals surface area contributed by atoms with Crippen molar-refractivity contribution in [2.75, 3.05) is 10.6 Å². The molecule has 0 spiro atoms. The second-order valence-electron chi connectivity index (χ2n) is 7.23. The van der Waals surface area contributed by atoms with Crippen LogP contribution in [-0.4, -0.2) is 21.2 Å². The van der Waals surface area contributed by atoms with Crippen molar-refractivity contribution in [3.8, 4) is 5.75 Å². The average Bonchev–Trinajstić information content (AvgIpc) is 3.07. The Hall–Kier alpha value is -3.32. The van der Waals surface area contributed by atoms with Crippen LogP contribution in [0.3, 0.4) is 0 Å². The van der Waals surface area contributed by atoms with Gasteiger partial charge >= 0.3 is 0 Å². The Kier molecular flexibility index (Phi) is 4.24. The molecule has 0 unspecified atom stereocenters. The molecule has 1 aromatic heterocycles. The lowest BCUT2D eigenvalue weighted by molar-refractivity contribution is -0.116. The van der Waals surface area contributed by atoms with Gasteiger partial charge < -0.3 is 15.7 Å². The van der Waals surface area contributed by atoms with Gasteiger partial charge in [0.15, 0.2) is 5.78 Å². The third-order valence-electron chi connectivity index (χ3n) is 5.38. The first kappa shape index (κ1) is 17.8. The van der Waals surface area contributed by atoms with E-state index in [1.165, 1.54) is 0 Å².